The van der Waals surface area contributed by atoms with Crippen molar-refractivity contribution in [1.82, 2.24) is 5.32 Å². The van der Waals surface area contributed by atoms with Crippen LogP contribution in [-0.4, -0.2) is 5.91 Å². The van der Waals surface area contributed by atoms with Gasteiger partial charge < -0.3 is 5.32 Å². The molecule has 20 heavy (non-hydrogen) atoms. The number of carbonyl (C=O) groups excluding carboxylic acids is 1. The topological polar surface area (TPSA) is 29.1 Å². The maximum atomic E-state index is 12.8. The van der Waals surface area contributed by atoms with Gasteiger partial charge in [0, 0.05) is 0 Å². The van der Waals surface area contributed by atoms with Crippen molar-refractivity contribution in [3.63, 3.8) is 0 Å². The number of nitrogens with one attached hydrogen (secondary N) is 1. The molecular weight excluding hydrogens is 246 g/mol. The van der Waals surface area contributed by atoms with Gasteiger partial charge in [-0.05, 0) is 31.2 Å². The van der Waals surface area contributed by atoms with Gasteiger partial charge in [-0.3, -0.25) is 4.79 Å². The van der Waals surface area contributed by atoms with Gasteiger partial charge in [0.2, 0.25) is 5.91 Å². The molecule has 1 N–H and O–H groups in total. The van der Waals surface area contributed by atoms with Crippen LogP contribution in [0.3, 0.4) is 0 Å². The normalized spacial score (nSPS) is 12.8. The summed E-state index contributed by atoms with van der Waals surface area (Å²) in [5, 5.41) is 3.24. The third kappa shape index (κ3) is 3.23. The molecule has 2 heteroatoms. The molecule has 112 valence electrons. The number of hydrogen-bond donors (Lipinski definition) is 1. The summed E-state index contributed by atoms with van der Waals surface area (Å²) in [4.78, 5) is 12.8. The molecule has 0 heterocycles. The maximum absolute atomic E-state index is 12.8. The van der Waals surface area contributed by atoms with Gasteiger partial charge in [0.25, 0.3) is 0 Å². The van der Waals surface area contributed by atoms with Crippen LogP contribution in [0, 0.1) is 17.3 Å². The van der Waals surface area contributed by atoms with Crippen LogP contribution in [0.15, 0.2) is 30.3 Å². The van der Waals surface area contributed by atoms with E-state index in [4.69, 9.17) is 0 Å². The summed E-state index contributed by atoms with van der Waals surface area (Å²) >= 11 is 0. The van der Waals surface area contributed by atoms with E-state index >= 15 is 0 Å². The average Bonchev–Trinajstić information content (AvgIpc) is 2.37. The third-order valence-corrected chi connectivity index (χ3v) is 4.81. The monoisotopic (exact) mass is 275 g/mol. The van der Waals surface area contributed by atoms with Gasteiger partial charge in [0.1, 0.15) is 0 Å². The Kier molecular flexibility index (Phi) is 5.01. The van der Waals surface area contributed by atoms with E-state index in [-0.39, 0.29) is 16.9 Å². The van der Waals surface area contributed by atoms with E-state index in [0.717, 1.165) is 5.56 Å². The van der Waals surface area contributed by atoms with Crippen molar-refractivity contribution < 1.29 is 4.79 Å². The zero-order chi connectivity index (χ0) is 15.6. The average molecular weight is 275 g/mol. The van der Waals surface area contributed by atoms with Crippen LogP contribution in [-0.2, 0) is 10.3 Å². The van der Waals surface area contributed by atoms with Crippen LogP contribution in [0.5, 0.6) is 0 Å². The van der Waals surface area contributed by atoms with E-state index in [2.05, 4.69) is 65.9 Å². The van der Waals surface area contributed by atoms with Crippen LogP contribution in [0.25, 0.3) is 0 Å². The molecule has 1 aromatic rings. The zero-order valence-electron chi connectivity index (χ0n) is 13.9. The second-order valence-electron chi connectivity index (χ2n) is 7.04. The van der Waals surface area contributed by atoms with Crippen molar-refractivity contribution >= 4 is 5.91 Å². The van der Waals surface area contributed by atoms with Crippen molar-refractivity contribution in [3.8, 4) is 0 Å². The van der Waals surface area contributed by atoms with Crippen molar-refractivity contribution in [2.75, 3.05) is 0 Å². The Labute approximate surface area is 124 Å². The second-order valence-corrected chi connectivity index (χ2v) is 7.04. The van der Waals surface area contributed by atoms with Crippen molar-refractivity contribution in [2.24, 2.45) is 17.3 Å². The molecule has 1 rings (SSSR count). The number of rotatable bonds is 5. The number of carbonyl (C=O) groups is 1. The lowest BCUT2D eigenvalue weighted by molar-refractivity contribution is -0.137. The molecule has 0 saturated heterocycles. The highest BCUT2D eigenvalue weighted by Gasteiger charge is 2.41. The minimum atomic E-state index is -0.358. The van der Waals surface area contributed by atoms with E-state index in [1.54, 1.807) is 0 Å². The summed E-state index contributed by atoms with van der Waals surface area (Å²) in [5.74, 6) is 0.736. The summed E-state index contributed by atoms with van der Waals surface area (Å²) in [6.07, 6.45) is 0. The summed E-state index contributed by atoms with van der Waals surface area (Å²) in [7, 11) is 0. The molecule has 0 bridgehead atoms. The highest BCUT2D eigenvalue weighted by atomic mass is 16.2. The molecule has 2 nitrogen and oxygen atoms in total. The standard InChI is InChI=1S/C18H29NO/c1-13(2)18(7,14(3)4)16(20)19-17(5,6)15-11-9-8-10-12-15/h8-14H,1-7H3,(H,19,20). The molecule has 0 spiro atoms. The van der Waals surface area contributed by atoms with E-state index in [9.17, 15) is 4.79 Å². The Morgan fingerprint density at radius 3 is 1.80 bits per heavy atom. The molecule has 0 aliphatic heterocycles. The molecule has 0 aromatic heterocycles. The lowest BCUT2D eigenvalue weighted by Crippen LogP contribution is -2.52. The predicted octanol–water partition coefficient (Wildman–Crippen LogP) is 4.36. The quantitative estimate of drug-likeness (QED) is 0.850. The number of amides is 1. The van der Waals surface area contributed by atoms with E-state index in [0.29, 0.717) is 11.8 Å². The molecule has 0 aliphatic carbocycles. The molecule has 0 radical (unpaired) electrons. The molecule has 0 aliphatic rings. The Bertz CT molecular complexity index is 438. The maximum Gasteiger partial charge on any atom is 0.227 e. The first-order valence-corrected chi connectivity index (χ1v) is 7.50. The fourth-order valence-corrected chi connectivity index (χ4v) is 2.54. The Morgan fingerprint density at radius 1 is 0.950 bits per heavy atom. The van der Waals surface area contributed by atoms with E-state index < -0.39 is 0 Å². The minimum absolute atomic E-state index is 0.136. The molecule has 0 fully saturated rings. The first-order chi connectivity index (χ1) is 9.12. The second kappa shape index (κ2) is 5.99. The fourth-order valence-electron chi connectivity index (χ4n) is 2.54. The number of benzene rings is 1. The molecule has 0 unspecified atom stereocenters. The SMILES string of the molecule is CC(C)C(C)(C(=O)NC(C)(C)c1ccccc1)C(C)C. The summed E-state index contributed by atoms with van der Waals surface area (Å²) in [6, 6.07) is 10.1. The first-order valence-electron chi connectivity index (χ1n) is 7.50. The third-order valence-electron chi connectivity index (χ3n) is 4.81. The van der Waals surface area contributed by atoms with Crippen LogP contribution >= 0.6 is 0 Å². The van der Waals surface area contributed by atoms with Gasteiger partial charge in [-0.2, -0.15) is 0 Å². The zero-order valence-corrected chi connectivity index (χ0v) is 13.9. The van der Waals surface area contributed by atoms with E-state index in [1.165, 1.54) is 0 Å². The summed E-state index contributed by atoms with van der Waals surface area (Å²) in [6.45, 7) is 14.7. The Balaban J connectivity index is 3.00. The molecular formula is C18H29NO. The summed E-state index contributed by atoms with van der Waals surface area (Å²) in [5.41, 5.74) is 0.415. The van der Waals surface area contributed by atoms with Gasteiger partial charge in [-0.1, -0.05) is 65.0 Å². The highest BCUT2D eigenvalue weighted by Crippen LogP contribution is 2.36. The van der Waals surface area contributed by atoms with Crippen LogP contribution in [0.2, 0.25) is 0 Å². The number of hydrogen-bond acceptors (Lipinski definition) is 1. The van der Waals surface area contributed by atoms with Crippen LogP contribution < -0.4 is 5.32 Å². The largest absolute Gasteiger partial charge is 0.347 e. The predicted molar refractivity (Wildman–Crippen MR) is 85.4 cm³/mol. The lowest BCUT2D eigenvalue weighted by Gasteiger charge is -2.39. The van der Waals surface area contributed by atoms with Gasteiger partial charge in [-0.15, -0.1) is 0 Å². The Hall–Kier alpha value is -1.31. The lowest BCUT2D eigenvalue weighted by atomic mass is 9.69. The van der Waals surface area contributed by atoms with Gasteiger partial charge in [0.05, 0.1) is 11.0 Å². The van der Waals surface area contributed by atoms with Crippen molar-refractivity contribution in [1.29, 1.82) is 0 Å². The molecule has 0 atom stereocenters. The Morgan fingerprint density at radius 2 is 1.40 bits per heavy atom. The minimum Gasteiger partial charge on any atom is -0.347 e. The van der Waals surface area contributed by atoms with Gasteiger partial charge in [-0.25, -0.2) is 0 Å². The molecule has 1 aromatic carbocycles. The van der Waals surface area contributed by atoms with Crippen molar-refractivity contribution in [3.05, 3.63) is 35.9 Å². The van der Waals surface area contributed by atoms with Crippen LogP contribution in [0.1, 0.15) is 54.0 Å². The van der Waals surface area contributed by atoms with Gasteiger partial charge >= 0.3 is 0 Å². The molecule has 0 saturated carbocycles. The fraction of sp³-hybridized carbons (Fsp3) is 0.611. The summed E-state index contributed by atoms with van der Waals surface area (Å²) < 4.78 is 0. The van der Waals surface area contributed by atoms with Crippen LogP contribution in [0.4, 0.5) is 0 Å². The first kappa shape index (κ1) is 16.7. The van der Waals surface area contributed by atoms with E-state index in [1.807, 2.05) is 18.2 Å². The highest BCUT2D eigenvalue weighted by molar-refractivity contribution is 5.83. The van der Waals surface area contributed by atoms with Gasteiger partial charge in [0.15, 0.2) is 0 Å². The smallest absolute Gasteiger partial charge is 0.227 e. The van der Waals surface area contributed by atoms with Crippen molar-refractivity contribution in [2.45, 2.75) is 54.0 Å². The molecule has 1 amide bonds.